The van der Waals surface area contributed by atoms with E-state index >= 15 is 0 Å². The average Bonchev–Trinajstić information content (AvgIpc) is 2.83. The van der Waals surface area contributed by atoms with E-state index in [4.69, 9.17) is 12.7 Å². The number of benzene rings is 1. The lowest BCUT2D eigenvalue weighted by Crippen LogP contribution is -2.18. The smallest absolute Gasteiger partial charge is 0.222 e. The van der Waals surface area contributed by atoms with E-state index in [2.05, 4.69) is 22.5 Å². The maximum Gasteiger partial charge on any atom is 0.222 e. The Balaban J connectivity index is 2.08. The summed E-state index contributed by atoms with van der Waals surface area (Å²) in [6.45, 7) is 2.85. The maximum atomic E-state index is 5.78. The van der Waals surface area contributed by atoms with Crippen LogP contribution < -0.4 is 5.23 Å². The third-order valence-electron chi connectivity index (χ3n) is 3.56. The van der Waals surface area contributed by atoms with Crippen molar-refractivity contribution in [3.63, 3.8) is 0 Å². The number of rotatable bonds is 2. The van der Waals surface area contributed by atoms with Crippen LogP contribution in [0.15, 0.2) is 18.3 Å². The molecule has 1 aromatic carbocycles. The highest BCUT2D eigenvalue weighted by atomic mass is 16.5. The fraction of sp³-hybridized carbons (Fsp3) is 0.462. The van der Waals surface area contributed by atoms with Crippen molar-refractivity contribution in [2.75, 3.05) is 11.8 Å². The Hall–Kier alpha value is -1.49. The Morgan fingerprint density at radius 3 is 3.06 bits per heavy atom. The van der Waals surface area contributed by atoms with Gasteiger partial charge in [-0.25, -0.2) is 4.68 Å². The van der Waals surface area contributed by atoms with E-state index in [1.807, 2.05) is 17.8 Å². The van der Waals surface area contributed by atoms with Gasteiger partial charge in [0.1, 0.15) is 0 Å². The molecule has 0 aliphatic carbocycles. The van der Waals surface area contributed by atoms with Gasteiger partial charge in [0, 0.05) is 17.7 Å². The first-order valence-electron chi connectivity index (χ1n) is 6.36. The SMILES string of the molecule is [B]Nc1c(C)ccc2c1cnn2C1CCCCO1. The number of ether oxygens (including phenoxy) is 1. The molecule has 0 bridgehead atoms. The van der Waals surface area contributed by atoms with Crippen LogP contribution in [0.5, 0.6) is 0 Å². The second-order valence-corrected chi connectivity index (χ2v) is 4.74. The number of nitrogens with zero attached hydrogens (tertiary/aromatic N) is 2. The first-order valence-corrected chi connectivity index (χ1v) is 6.36. The summed E-state index contributed by atoms with van der Waals surface area (Å²) in [5.74, 6) is 0. The van der Waals surface area contributed by atoms with Crippen molar-refractivity contribution < 1.29 is 4.74 Å². The largest absolute Gasteiger partial charge is 0.436 e. The molecule has 1 saturated heterocycles. The molecule has 92 valence electrons. The van der Waals surface area contributed by atoms with E-state index in [1.165, 1.54) is 6.42 Å². The molecule has 3 rings (SSSR count). The number of anilines is 1. The number of aryl methyl sites for hydroxylation is 1. The summed E-state index contributed by atoms with van der Waals surface area (Å²) in [6, 6.07) is 4.13. The Labute approximate surface area is 108 Å². The Morgan fingerprint density at radius 2 is 2.33 bits per heavy atom. The van der Waals surface area contributed by atoms with Gasteiger partial charge in [-0.15, -0.1) is 0 Å². The molecule has 1 aliphatic heterocycles. The van der Waals surface area contributed by atoms with Crippen molar-refractivity contribution in [2.45, 2.75) is 32.4 Å². The number of hydrogen-bond donors (Lipinski definition) is 1. The average molecular weight is 241 g/mol. The second-order valence-electron chi connectivity index (χ2n) is 4.74. The van der Waals surface area contributed by atoms with Crippen LogP contribution in [0.3, 0.4) is 0 Å². The molecule has 1 fully saturated rings. The zero-order valence-corrected chi connectivity index (χ0v) is 10.5. The van der Waals surface area contributed by atoms with Crippen LogP contribution in [0.4, 0.5) is 5.69 Å². The summed E-state index contributed by atoms with van der Waals surface area (Å²) in [4.78, 5) is 0. The highest BCUT2D eigenvalue weighted by Gasteiger charge is 2.19. The predicted octanol–water partition coefficient (Wildman–Crippen LogP) is 2.54. The van der Waals surface area contributed by atoms with Crippen molar-refractivity contribution in [1.29, 1.82) is 0 Å². The van der Waals surface area contributed by atoms with E-state index in [9.17, 15) is 0 Å². The van der Waals surface area contributed by atoms with Crippen LogP contribution in [-0.4, -0.2) is 24.4 Å². The Morgan fingerprint density at radius 1 is 1.44 bits per heavy atom. The minimum absolute atomic E-state index is 0.0598. The van der Waals surface area contributed by atoms with Gasteiger partial charge in [-0.3, -0.25) is 0 Å². The quantitative estimate of drug-likeness (QED) is 0.821. The van der Waals surface area contributed by atoms with Crippen molar-refractivity contribution in [3.8, 4) is 0 Å². The normalized spacial score (nSPS) is 20.2. The van der Waals surface area contributed by atoms with Gasteiger partial charge < -0.3 is 9.96 Å². The van der Waals surface area contributed by atoms with E-state index in [0.29, 0.717) is 0 Å². The van der Waals surface area contributed by atoms with Gasteiger partial charge in [0.25, 0.3) is 0 Å². The first kappa shape index (κ1) is 11.6. The van der Waals surface area contributed by atoms with Crippen molar-refractivity contribution in [2.24, 2.45) is 0 Å². The maximum absolute atomic E-state index is 5.78. The van der Waals surface area contributed by atoms with Gasteiger partial charge in [0.05, 0.1) is 11.7 Å². The molecule has 1 N–H and O–H groups in total. The van der Waals surface area contributed by atoms with Gasteiger partial charge in [-0.1, -0.05) is 6.07 Å². The standard InChI is InChI=1S/C13H16BN3O/c1-9-5-6-11-10(13(9)16-14)8-15-17(11)12-4-2-3-7-18-12/h5-6,8,12,16H,2-4,7H2,1H3. The Kier molecular flexibility index (Phi) is 3.00. The highest BCUT2D eigenvalue weighted by molar-refractivity contribution is 6.19. The number of aromatic nitrogens is 2. The molecule has 0 spiro atoms. The summed E-state index contributed by atoms with van der Waals surface area (Å²) in [6.07, 6.45) is 5.28. The highest BCUT2D eigenvalue weighted by Crippen LogP contribution is 2.31. The molecule has 4 nitrogen and oxygen atoms in total. The van der Waals surface area contributed by atoms with Crippen LogP contribution in [-0.2, 0) is 4.74 Å². The molecule has 1 aromatic heterocycles. The summed E-state index contributed by atoms with van der Waals surface area (Å²) in [7, 11) is 5.59. The number of fused-ring (bicyclic) bond motifs is 1. The lowest BCUT2D eigenvalue weighted by atomic mass is 10.1. The van der Waals surface area contributed by atoms with Gasteiger partial charge in [-0.05, 0) is 37.8 Å². The predicted molar refractivity (Wildman–Crippen MR) is 72.7 cm³/mol. The van der Waals surface area contributed by atoms with Crippen LogP contribution >= 0.6 is 0 Å². The topological polar surface area (TPSA) is 39.1 Å². The van der Waals surface area contributed by atoms with E-state index < -0.39 is 0 Å². The molecule has 1 aliphatic rings. The van der Waals surface area contributed by atoms with Gasteiger partial charge in [0.2, 0.25) is 7.98 Å². The molecule has 2 heterocycles. The fourth-order valence-electron chi connectivity index (χ4n) is 2.57. The summed E-state index contributed by atoms with van der Waals surface area (Å²) < 4.78 is 7.75. The minimum Gasteiger partial charge on any atom is -0.436 e. The first-order chi connectivity index (χ1) is 8.81. The van der Waals surface area contributed by atoms with Crippen LogP contribution in [0.2, 0.25) is 0 Å². The molecule has 18 heavy (non-hydrogen) atoms. The van der Waals surface area contributed by atoms with Gasteiger partial charge >= 0.3 is 0 Å². The lowest BCUT2D eigenvalue weighted by molar-refractivity contribution is -0.0366. The molecule has 0 amide bonds. The zero-order valence-electron chi connectivity index (χ0n) is 10.5. The summed E-state index contributed by atoms with van der Waals surface area (Å²) in [5.41, 5.74) is 3.13. The lowest BCUT2D eigenvalue weighted by Gasteiger charge is -2.23. The van der Waals surface area contributed by atoms with E-state index in [0.717, 1.165) is 41.6 Å². The molecule has 1 unspecified atom stereocenters. The number of hydrogen-bond acceptors (Lipinski definition) is 3. The zero-order chi connectivity index (χ0) is 12.5. The van der Waals surface area contributed by atoms with Gasteiger partial charge in [-0.2, -0.15) is 5.10 Å². The fourth-order valence-corrected chi connectivity index (χ4v) is 2.57. The molecular weight excluding hydrogens is 225 g/mol. The van der Waals surface area contributed by atoms with Crippen LogP contribution in [0.1, 0.15) is 31.1 Å². The number of nitrogens with one attached hydrogen (secondary N) is 1. The third-order valence-corrected chi connectivity index (χ3v) is 3.56. The monoisotopic (exact) mass is 241 g/mol. The minimum atomic E-state index is 0.0598. The molecule has 2 aromatic rings. The molecule has 1 atom stereocenters. The van der Waals surface area contributed by atoms with Crippen molar-refractivity contribution in [3.05, 3.63) is 23.9 Å². The van der Waals surface area contributed by atoms with E-state index in [1.54, 1.807) is 0 Å². The summed E-state index contributed by atoms with van der Waals surface area (Å²) >= 11 is 0. The Bertz CT molecular complexity index is 561. The van der Waals surface area contributed by atoms with Crippen molar-refractivity contribution in [1.82, 2.24) is 9.78 Å². The van der Waals surface area contributed by atoms with Crippen LogP contribution in [0.25, 0.3) is 10.9 Å². The second kappa shape index (κ2) is 4.65. The van der Waals surface area contributed by atoms with E-state index in [-0.39, 0.29) is 6.23 Å². The molecule has 5 heteroatoms. The van der Waals surface area contributed by atoms with Crippen LogP contribution in [0, 0.1) is 6.92 Å². The van der Waals surface area contributed by atoms with Gasteiger partial charge in [0.15, 0.2) is 6.23 Å². The van der Waals surface area contributed by atoms with Crippen molar-refractivity contribution >= 4 is 24.6 Å². The molecular formula is C13H16BN3O. The third kappa shape index (κ3) is 1.79. The molecule has 0 saturated carbocycles. The molecule has 2 radical (unpaired) electrons. The summed E-state index contributed by atoms with van der Waals surface area (Å²) in [5, 5.41) is 8.27.